The second-order valence-electron chi connectivity index (χ2n) is 3.87. The lowest BCUT2D eigenvalue weighted by atomic mass is 10.1. The molecule has 3 nitrogen and oxygen atoms in total. The van der Waals surface area contributed by atoms with Crippen LogP contribution in [0, 0.1) is 6.92 Å². The minimum absolute atomic E-state index is 0.0496. The van der Waals surface area contributed by atoms with Crippen LogP contribution in [0.1, 0.15) is 17.5 Å². The normalized spacial score (nSPS) is 10.1. The molecular formula is C13H19NO2. The molecule has 0 fully saturated rings. The lowest BCUT2D eigenvalue weighted by Crippen LogP contribution is -2.28. The van der Waals surface area contributed by atoms with E-state index < -0.39 is 0 Å². The molecule has 0 saturated carbocycles. The molecule has 1 aromatic carbocycles. The summed E-state index contributed by atoms with van der Waals surface area (Å²) in [5.41, 5.74) is 2.59. The Bertz CT molecular complexity index is 319. The second kappa shape index (κ2) is 7.01. The average Bonchev–Trinajstić information content (AvgIpc) is 2.27. The van der Waals surface area contributed by atoms with Crippen LogP contribution in [0.4, 0.5) is 0 Å². The number of carbonyl (C=O) groups excluding carboxylic acids is 1. The molecule has 0 saturated heterocycles. The van der Waals surface area contributed by atoms with Gasteiger partial charge in [0.2, 0.25) is 5.91 Å². The summed E-state index contributed by atoms with van der Waals surface area (Å²) in [6, 6.07) is 8.48. The summed E-state index contributed by atoms with van der Waals surface area (Å²) in [5, 5.41) is 2.80. The van der Waals surface area contributed by atoms with E-state index in [4.69, 9.17) is 4.74 Å². The molecule has 3 heteroatoms. The number of carbonyl (C=O) groups is 1. The Kier molecular flexibility index (Phi) is 5.57. The Labute approximate surface area is 96.8 Å². The molecule has 0 bridgehead atoms. The first kappa shape index (κ1) is 12.7. The van der Waals surface area contributed by atoms with Crippen molar-refractivity contribution >= 4 is 5.91 Å². The molecule has 1 rings (SSSR count). The van der Waals surface area contributed by atoms with Crippen molar-refractivity contribution in [3.05, 3.63) is 35.4 Å². The van der Waals surface area contributed by atoms with Gasteiger partial charge in [-0.1, -0.05) is 29.8 Å². The Balaban J connectivity index is 2.16. The topological polar surface area (TPSA) is 38.3 Å². The quantitative estimate of drug-likeness (QED) is 0.742. The van der Waals surface area contributed by atoms with E-state index in [9.17, 15) is 4.79 Å². The number of benzene rings is 1. The highest BCUT2D eigenvalue weighted by molar-refractivity contribution is 5.77. The summed E-state index contributed by atoms with van der Waals surface area (Å²) in [7, 11) is 1.52. The summed E-state index contributed by atoms with van der Waals surface area (Å²) >= 11 is 0. The molecule has 0 radical (unpaired) electrons. The van der Waals surface area contributed by atoms with Crippen LogP contribution in [0.5, 0.6) is 0 Å². The van der Waals surface area contributed by atoms with E-state index in [2.05, 4.69) is 36.5 Å². The highest BCUT2D eigenvalue weighted by Crippen LogP contribution is 2.05. The third-order valence-electron chi connectivity index (χ3n) is 2.36. The SMILES string of the molecule is COCC(=O)NCCCc1ccc(C)cc1. The summed E-state index contributed by atoms with van der Waals surface area (Å²) < 4.78 is 4.72. The summed E-state index contributed by atoms with van der Waals surface area (Å²) in [6.07, 6.45) is 1.95. The Hall–Kier alpha value is -1.35. The van der Waals surface area contributed by atoms with Crippen LogP contribution < -0.4 is 5.32 Å². The van der Waals surface area contributed by atoms with Crippen molar-refractivity contribution in [3.63, 3.8) is 0 Å². The largest absolute Gasteiger partial charge is 0.375 e. The van der Waals surface area contributed by atoms with Crippen molar-refractivity contribution in [1.29, 1.82) is 0 Å². The zero-order valence-electron chi connectivity index (χ0n) is 9.95. The molecule has 1 N–H and O–H groups in total. The third-order valence-corrected chi connectivity index (χ3v) is 2.36. The third kappa shape index (κ3) is 4.94. The molecule has 0 aliphatic rings. The van der Waals surface area contributed by atoms with Crippen molar-refractivity contribution in [3.8, 4) is 0 Å². The van der Waals surface area contributed by atoms with Gasteiger partial charge >= 0.3 is 0 Å². The molecule has 0 spiro atoms. The molecule has 0 heterocycles. The molecule has 0 unspecified atom stereocenters. The lowest BCUT2D eigenvalue weighted by Gasteiger charge is -2.04. The fourth-order valence-corrected chi connectivity index (χ4v) is 1.46. The van der Waals surface area contributed by atoms with E-state index in [1.165, 1.54) is 18.2 Å². The molecule has 16 heavy (non-hydrogen) atoms. The Morgan fingerprint density at radius 3 is 2.62 bits per heavy atom. The van der Waals surface area contributed by atoms with Crippen LogP contribution in [-0.4, -0.2) is 26.2 Å². The number of nitrogens with one attached hydrogen (secondary N) is 1. The Morgan fingerprint density at radius 2 is 2.00 bits per heavy atom. The highest BCUT2D eigenvalue weighted by Gasteiger charge is 1.98. The number of hydrogen-bond acceptors (Lipinski definition) is 2. The van der Waals surface area contributed by atoms with Gasteiger partial charge in [0.05, 0.1) is 0 Å². The van der Waals surface area contributed by atoms with Gasteiger partial charge in [-0.05, 0) is 25.3 Å². The predicted molar refractivity (Wildman–Crippen MR) is 64.4 cm³/mol. The molecule has 1 aromatic rings. The molecule has 1 amide bonds. The maximum absolute atomic E-state index is 11.1. The van der Waals surface area contributed by atoms with Gasteiger partial charge in [0.15, 0.2) is 0 Å². The van der Waals surface area contributed by atoms with E-state index in [-0.39, 0.29) is 12.5 Å². The van der Waals surface area contributed by atoms with Crippen molar-refractivity contribution in [2.24, 2.45) is 0 Å². The molecule has 0 atom stereocenters. The van der Waals surface area contributed by atoms with E-state index in [1.807, 2.05) is 0 Å². The molecule has 88 valence electrons. The number of hydrogen-bond donors (Lipinski definition) is 1. The molecule has 0 aliphatic carbocycles. The monoisotopic (exact) mass is 221 g/mol. The van der Waals surface area contributed by atoms with Crippen LogP contribution in [-0.2, 0) is 16.0 Å². The average molecular weight is 221 g/mol. The Morgan fingerprint density at radius 1 is 1.31 bits per heavy atom. The van der Waals surface area contributed by atoms with Gasteiger partial charge in [0.1, 0.15) is 6.61 Å². The molecule has 0 aromatic heterocycles. The fourth-order valence-electron chi connectivity index (χ4n) is 1.46. The smallest absolute Gasteiger partial charge is 0.245 e. The van der Waals surface area contributed by atoms with Gasteiger partial charge in [0, 0.05) is 13.7 Å². The van der Waals surface area contributed by atoms with Crippen LogP contribution in [0.3, 0.4) is 0 Å². The summed E-state index contributed by atoms with van der Waals surface area (Å²) in [6.45, 7) is 2.93. The minimum Gasteiger partial charge on any atom is -0.375 e. The van der Waals surface area contributed by atoms with Gasteiger partial charge in [-0.3, -0.25) is 4.79 Å². The first-order valence-corrected chi connectivity index (χ1v) is 5.53. The fraction of sp³-hybridized carbons (Fsp3) is 0.462. The maximum atomic E-state index is 11.1. The van der Waals surface area contributed by atoms with E-state index in [0.717, 1.165) is 12.8 Å². The zero-order valence-corrected chi connectivity index (χ0v) is 9.95. The lowest BCUT2D eigenvalue weighted by molar-refractivity contribution is -0.124. The summed E-state index contributed by atoms with van der Waals surface area (Å²) in [5.74, 6) is -0.0496. The highest BCUT2D eigenvalue weighted by atomic mass is 16.5. The van der Waals surface area contributed by atoms with Crippen molar-refractivity contribution < 1.29 is 9.53 Å². The number of aryl methyl sites for hydroxylation is 2. The minimum atomic E-state index is -0.0496. The van der Waals surface area contributed by atoms with Crippen molar-refractivity contribution in [2.75, 3.05) is 20.3 Å². The van der Waals surface area contributed by atoms with Crippen LogP contribution >= 0.6 is 0 Å². The first-order valence-electron chi connectivity index (χ1n) is 5.53. The standard InChI is InChI=1S/C13H19NO2/c1-11-5-7-12(8-6-11)4-3-9-14-13(15)10-16-2/h5-8H,3-4,9-10H2,1-2H3,(H,14,15). The van der Waals surface area contributed by atoms with Gasteiger partial charge in [-0.25, -0.2) is 0 Å². The predicted octanol–water partition coefficient (Wildman–Crippen LogP) is 1.69. The van der Waals surface area contributed by atoms with E-state index in [1.54, 1.807) is 0 Å². The van der Waals surface area contributed by atoms with Gasteiger partial charge in [0.25, 0.3) is 0 Å². The first-order chi connectivity index (χ1) is 7.72. The van der Waals surface area contributed by atoms with Gasteiger partial charge < -0.3 is 10.1 Å². The van der Waals surface area contributed by atoms with Crippen molar-refractivity contribution in [2.45, 2.75) is 19.8 Å². The maximum Gasteiger partial charge on any atom is 0.245 e. The van der Waals surface area contributed by atoms with Crippen LogP contribution in [0.2, 0.25) is 0 Å². The van der Waals surface area contributed by atoms with Gasteiger partial charge in [-0.2, -0.15) is 0 Å². The van der Waals surface area contributed by atoms with Crippen LogP contribution in [0.15, 0.2) is 24.3 Å². The number of rotatable bonds is 6. The number of amides is 1. The zero-order chi connectivity index (χ0) is 11.8. The molecular weight excluding hydrogens is 202 g/mol. The molecule has 0 aliphatic heterocycles. The van der Waals surface area contributed by atoms with E-state index in [0.29, 0.717) is 6.54 Å². The van der Waals surface area contributed by atoms with E-state index >= 15 is 0 Å². The number of ether oxygens (including phenoxy) is 1. The van der Waals surface area contributed by atoms with Gasteiger partial charge in [-0.15, -0.1) is 0 Å². The number of methoxy groups -OCH3 is 1. The second-order valence-corrected chi connectivity index (χ2v) is 3.87. The van der Waals surface area contributed by atoms with Crippen LogP contribution in [0.25, 0.3) is 0 Å². The van der Waals surface area contributed by atoms with Crippen molar-refractivity contribution in [1.82, 2.24) is 5.32 Å². The summed E-state index contributed by atoms with van der Waals surface area (Å²) in [4.78, 5) is 11.1.